The zero-order valence-electron chi connectivity index (χ0n) is 14.8. The lowest BCUT2D eigenvalue weighted by atomic mass is 9.70. The fraction of sp³-hybridized carbons (Fsp3) is 1.00. The van der Waals surface area contributed by atoms with Crippen LogP contribution in [0.1, 0.15) is 60.8 Å². The fourth-order valence-corrected chi connectivity index (χ4v) is 4.57. The molecule has 1 fully saturated rings. The minimum Gasteiger partial charge on any atom is -0.312 e. The Morgan fingerprint density at radius 3 is 2.38 bits per heavy atom. The molecular weight excluding hydrogens is 285 g/mol. The van der Waals surface area contributed by atoms with Crippen LogP contribution in [0.3, 0.4) is 0 Å². The SMILES string of the molecule is CC1CCC(C(C)C)C(COP(=O)(O)N(C)C(C)(C)C)C1. The zero-order valence-corrected chi connectivity index (χ0v) is 15.7. The molecule has 0 aliphatic heterocycles. The molecule has 0 aromatic rings. The van der Waals surface area contributed by atoms with Crippen LogP contribution < -0.4 is 0 Å². The third-order valence-corrected chi connectivity index (χ3v) is 6.81. The van der Waals surface area contributed by atoms with Crippen molar-refractivity contribution in [1.82, 2.24) is 4.67 Å². The molecule has 0 aromatic carbocycles. The Hall–Kier alpha value is 0.110. The van der Waals surface area contributed by atoms with Gasteiger partial charge in [-0.05, 0) is 64.3 Å². The second-order valence-electron chi connectivity index (χ2n) is 8.07. The highest BCUT2D eigenvalue weighted by Crippen LogP contribution is 2.50. The van der Waals surface area contributed by atoms with Crippen molar-refractivity contribution in [2.45, 2.75) is 66.3 Å². The molecule has 1 aliphatic carbocycles. The van der Waals surface area contributed by atoms with Gasteiger partial charge in [-0.3, -0.25) is 4.52 Å². The van der Waals surface area contributed by atoms with Crippen LogP contribution in [0, 0.1) is 23.7 Å². The first-order valence-corrected chi connectivity index (χ1v) is 9.69. The summed E-state index contributed by atoms with van der Waals surface area (Å²) in [5, 5.41) is 0. The fourth-order valence-electron chi connectivity index (χ4n) is 3.25. The maximum absolute atomic E-state index is 12.4. The predicted molar refractivity (Wildman–Crippen MR) is 88.1 cm³/mol. The summed E-state index contributed by atoms with van der Waals surface area (Å²) in [7, 11) is -2.06. The van der Waals surface area contributed by atoms with Gasteiger partial charge in [-0.2, -0.15) is 0 Å². The third kappa shape index (κ3) is 5.35. The van der Waals surface area contributed by atoms with E-state index in [9.17, 15) is 9.46 Å². The first-order chi connectivity index (χ1) is 9.45. The molecule has 0 heterocycles. The molecule has 0 radical (unpaired) electrons. The molecule has 1 rings (SSSR count). The molecule has 5 heteroatoms. The van der Waals surface area contributed by atoms with Crippen molar-refractivity contribution in [2.24, 2.45) is 23.7 Å². The number of hydrogen-bond acceptors (Lipinski definition) is 2. The topological polar surface area (TPSA) is 49.8 Å². The van der Waals surface area contributed by atoms with Crippen LogP contribution in [0.4, 0.5) is 0 Å². The lowest BCUT2D eigenvalue weighted by molar-refractivity contribution is 0.0740. The summed E-state index contributed by atoms with van der Waals surface area (Å²) in [4.78, 5) is 10.2. The Labute approximate surface area is 130 Å². The Morgan fingerprint density at radius 1 is 1.33 bits per heavy atom. The highest BCUT2D eigenvalue weighted by atomic mass is 31.2. The lowest BCUT2D eigenvalue weighted by Crippen LogP contribution is -2.37. The molecule has 0 aromatic heterocycles. The summed E-state index contributed by atoms with van der Waals surface area (Å²) in [6.07, 6.45) is 3.57. The second-order valence-corrected chi connectivity index (χ2v) is 9.91. The van der Waals surface area contributed by atoms with Gasteiger partial charge in [0.05, 0.1) is 6.61 Å². The van der Waals surface area contributed by atoms with Gasteiger partial charge in [0.2, 0.25) is 0 Å². The first kappa shape index (κ1) is 19.2. The molecule has 0 amide bonds. The Morgan fingerprint density at radius 2 is 1.90 bits per heavy atom. The van der Waals surface area contributed by atoms with Gasteiger partial charge in [-0.1, -0.05) is 27.2 Å². The van der Waals surface area contributed by atoms with Crippen LogP contribution in [0.25, 0.3) is 0 Å². The van der Waals surface area contributed by atoms with Crippen molar-refractivity contribution in [3.8, 4) is 0 Å². The number of rotatable bonds is 5. The zero-order chi connectivity index (χ0) is 16.4. The van der Waals surface area contributed by atoms with Crippen molar-refractivity contribution in [3.05, 3.63) is 0 Å². The molecule has 0 bridgehead atoms. The van der Waals surface area contributed by atoms with E-state index in [1.165, 1.54) is 17.5 Å². The monoisotopic (exact) mass is 319 g/mol. The average Bonchev–Trinajstić information content (AvgIpc) is 2.34. The molecule has 21 heavy (non-hydrogen) atoms. The maximum Gasteiger partial charge on any atom is 0.405 e. The van der Waals surface area contributed by atoms with Crippen LogP contribution >= 0.6 is 7.75 Å². The Balaban J connectivity index is 2.68. The summed E-state index contributed by atoms with van der Waals surface area (Å²) < 4.78 is 19.4. The van der Waals surface area contributed by atoms with Gasteiger partial charge in [0, 0.05) is 5.54 Å². The lowest BCUT2D eigenvalue weighted by Gasteiger charge is -2.39. The molecule has 1 N–H and O–H groups in total. The van der Waals surface area contributed by atoms with E-state index in [4.69, 9.17) is 4.52 Å². The molecule has 126 valence electrons. The molecule has 4 unspecified atom stereocenters. The van der Waals surface area contributed by atoms with E-state index >= 15 is 0 Å². The first-order valence-electron chi connectivity index (χ1n) is 8.16. The van der Waals surface area contributed by atoms with Gasteiger partial charge >= 0.3 is 7.75 Å². The van der Waals surface area contributed by atoms with Crippen LogP contribution in [-0.4, -0.2) is 28.8 Å². The smallest absolute Gasteiger partial charge is 0.312 e. The Bertz CT molecular complexity index is 378. The molecule has 0 saturated heterocycles. The number of nitrogens with zero attached hydrogens (tertiary/aromatic N) is 1. The van der Waals surface area contributed by atoms with E-state index in [2.05, 4.69) is 20.8 Å². The molecule has 1 saturated carbocycles. The molecule has 4 atom stereocenters. The van der Waals surface area contributed by atoms with Gasteiger partial charge in [0.15, 0.2) is 0 Å². The van der Waals surface area contributed by atoms with Crippen LogP contribution in [0.5, 0.6) is 0 Å². The van der Waals surface area contributed by atoms with E-state index in [1.807, 2.05) is 20.8 Å². The average molecular weight is 319 g/mol. The third-order valence-electron chi connectivity index (χ3n) is 4.97. The van der Waals surface area contributed by atoms with Gasteiger partial charge < -0.3 is 4.89 Å². The van der Waals surface area contributed by atoms with Crippen LogP contribution in [0.2, 0.25) is 0 Å². The van der Waals surface area contributed by atoms with Crippen molar-refractivity contribution in [1.29, 1.82) is 0 Å². The summed E-state index contributed by atoms with van der Waals surface area (Å²) in [5.41, 5.74) is -0.387. The standard InChI is InChI=1S/C16H34NO3P/c1-12(2)15-9-8-13(3)10-14(15)11-20-21(18,19)17(7)16(4,5)6/h12-15H,8-11H2,1-7H3,(H,18,19). The van der Waals surface area contributed by atoms with Crippen LogP contribution in [0.15, 0.2) is 0 Å². The summed E-state index contributed by atoms with van der Waals surface area (Å²) in [5.74, 6) is 2.28. The maximum atomic E-state index is 12.4. The Kier molecular flexibility index (Phi) is 6.50. The highest BCUT2D eigenvalue weighted by Gasteiger charge is 2.37. The van der Waals surface area contributed by atoms with E-state index in [-0.39, 0.29) is 5.54 Å². The largest absolute Gasteiger partial charge is 0.405 e. The summed E-state index contributed by atoms with van der Waals surface area (Å²) >= 11 is 0. The van der Waals surface area contributed by atoms with Crippen molar-refractivity contribution < 1.29 is 14.0 Å². The predicted octanol–water partition coefficient (Wildman–Crippen LogP) is 4.54. The van der Waals surface area contributed by atoms with Gasteiger partial charge in [0.25, 0.3) is 0 Å². The van der Waals surface area contributed by atoms with Crippen LogP contribution in [-0.2, 0) is 9.09 Å². The van der Waals surface area contributed by atoms with Crippen molar-refractivity contribution in [2.75, 3.05) is 13.7 Å². The minimum absolute atomic E-state index is 0.387. The van der Waals surface area contributed by atoms with E-state index in [0.29, 0.717) is 30.3 Å². The second kappa shape index (κ2) is 7.12. The van der Waals surface area contributed by atoms with Crippen molar-refractivity contribution >= 4 is 7.75 Å². The molecule has 1 aliphatic rings. The summed E-state index contributed by atoms with van der Waals surface area (Å²) in [6, 6.07) is 0. The minimum atomic E-state index is -3.71. The molecular formula is C16H34NO3P. The quantitative estimate of drug-likeness (QED) is 0.756. The molecule has 4 nitrogen and oxygen atoms in total. The summed E-state index contributed by atoms with van der Waals surface area (Å²) in [6.45, 7) is 12.9. The van der Waals surface area contributed by atoms with E-state index in [0.717, 1.165) is 6.42 Å². The highest BCUT2D eigenvalue weighted by molar-refractivity contribution is 7.50. The normalized spacial score (nSPS) is 30.7. The molecule has 0 spiro atoms. The van der Waals surface area contributed by atoms with E-state index in [1.54, 1.807) is 7.05 Å². The van der Waals surface area contributed by atoms with Gasteiger partial charge in [-0.15, -0.1) is 0 Å². The number of hydrogen-bond donors (Lipinski definition) is 1. The van der Waals surface area contributed by atoms with Crippen molar-refractivity contribution in [3.63, 3.8) is 0 Å². The van der Waals surface area contributed by atoms with Gasteiger partial charge in [-0.25, -0.2) is 9.24 Å². The van der Waals surface area contributed by atoms with Gasteiger partial charge in [0.1, 0.15) is 0 Å². The van der Waals surface area contributed by atoms with E-state index < -0.39 is 7.75 Å².